The average molecular weight is 433 g/mol. The van der Waals surface area contributed by atoms with E-state index >= 15 is 0 Å². The molecule has 0 bridgehead atoms. The number of halogens is 6. The lowest BCUT2D eigenvalue weighted by Crippen LogP contribution is -2.52. The van der Waals surface area contributed by atoms with Gasteiger partial charge in [0.05, 0.1) is 17.8 Å². The lowest BCUT2D eigenvalue weighted by atomic mass is 9.89. The molecular weight excluding hydrogens is 419 g/mol. The number of benzene rings is 2. The van der Waals surface area contributed by atoms with Crippen LogP contribution in [0.15, 0.2) is 30.3 Å². The van der Waals surface area contributed by atoms with Gasteiger partial charge in [0.25, 0.3) is 0 Å². The van der Waals surface area contributed by atoms with Gasteiger partial charge in [0.2, 0.25) is 0 Å². The summed E-state index contributed by atoms with van der Waals surface area (Å²) >= 11 is 6.08. The van der Waals surface area contributed by atoms with Crippen LogP contribution in [0.4, 0.5) is 27.6 Å². The molecule has 0 saturated carbocycles. The molecule has 2 aliphatic rings. The van der Waals surface area contributed by atoms with E-state index in [0.29, 0.717) is 29.4 Å². The number of fused-ring (bicyclic) bond motifs is 5. The summed E-state index contributed by atoms with van der Waals surface area (Å²) in [5, 5.41) is 2.35. The molecule has 1 saturated heterocycles. The maximum Gasteiger partial charge on any atom is 0.471 e. The predicted octanol–water partition coefficient (Wildman–Crippen LogP) is 5.11. The summed E-state index contributed by atoms with van der Waals surface area (Å²) in [5.41, 5.74) is 0.605. The number of nitrogens with zero attached hydrogens (tertiary/aromatic N) is 1. The number of piperidine rings is 1. The molecule has 2 atom stereocenters. The maximum absolute atomic E-state index is 14.0. The Balaban J connectivity index is 1.86. The van der Waals surface area contributed by atoms with Gasteiger partial charge in [-0.25, -0.2) is 8.78 Å². The topological polar surface area (TPSA) is 41.6 Å². The summed E-state index contributed by atoms with van der Waals surface area (Å²) in [5.74, 6) is -4.15. The second-order valence-corrected chi connectivity index (χ2v) is 7.31. The van der Waals surface area contributed by atoms with E-state index in [2.05, 4.69) is 0 Å². The highest BCUT2D eigenvalue weighted by atomic mass is 35.5. The van der Waals surface area contributed by atoms with Crippen molar-refractivity contribution >= 4 is 23.2 Å². The molecule has 154 valence electrons. The molecule has 0 spiro atoms. The van der Waals surface area contributed by atoms with Crippen molar-refractivity contribution in [2.24, 2.45) is 0 Å². The summed E-state index contributed by atoms with van der Waals surface area (Å²) in [6.07, 6.45) is -4.39. The fourth-order valence-electron chi connectivity index (χ4n) is 3.84. The Labute approximate surface area is 167 Å². The number of anilines is 1. The first-order chi connectivity index (χ1) is 13.6. The number of amides is 1. The van der Waals surface area contributed by atoms with E-state index in [9.17, 15) is 26.7 Å². The van der Waals surface area contributed by atoms with E-state index in [0.717, 1.165) is 12.1 Å². The first-order valence-electron chi connectivity index (χ1n) is 8.76. The second kappa shape index (κ2) is 7.05. The van der Waals surface area contributed by atoms with Gasteiger partial charge in [-0.1, -0.05) is 11.6 Å². The van der Waals surface area contributed by atoms with Crippen LogP contribution < -0.4 is 15.0 Å². The second-order valence-electron chi connectivity index (χ2n) is 6.88. The quantitative estimate of drug-likeness (QED) is 0.636. The number of hydrogen-bond donors (Lipinski definition) is 1. The van der Waals surface area contributed by atoms with Crippen LogP contribution in [0, 0.1) is 11.6 Å². The van der Waals surface area contributed by atoms with Crippen LogP contribution in [-0.2, 0) is 4.79 Å². The zero-order valence-electron chi connectivity index (χ0n) is 14.7. The average Bonchev–Trinajstić information content (AvgIpc) is 2.77. The van der Waals surface area contributed by atoms with Crippen LogP contribution in [-0.4, -0.2) is 24.7 Å². The van der Waals surface area contributed by atoms with Crippen LogP contribution in [0.1, 0.15) is 24.4 Å². The van der Waals surface area contributed by atoms with Gasteiger partial charge in [-0.15, -0.1) is 0 Å². The van der Waals surface area contributed by atoms with Crippen LogP contribution in [0.25, 0.3) is 0 Å². The monoisotopic (exact) mass is 432 g/mol. The minimum Gasteiger partial charge on any atom is -0.455 e. The Morgan fingerprint density at radius 3 is 2.59 bits per heavy atom. The highest BCUT2D eigenvalue weighted by molar-refractivity contribution is 6.31. The van der Waals surface area contributed by atoms with Gasteiger partial charge in [-0.05, 0) is 37.1 Å². The summed E-state index contributed by atoms with van der Waals surface area (Å²) in [7, 11) is 0. The first kappa shape index (κ1) is 19.8. The summed E-state index contributed by atoms with van der Waals surface area (Å²) in [6, 6.07) is 4.50. The number of carbonyl (C=O) groups excluding carboxylic acids is 1. The van der Waals surface area contributed by atoms with Crippen LogP contribution in [0.2, 0.25) is 5.02 Å². The molecule has 2 heterocycles. The lowest BCUT2D eigenvalue weighted by Gasteiger charge is -2.42. The van der Waals surface area contributed by atoms with Crippen molar-refractivity contribution < 1.29 is 31.5 Å². The molecule has 0 aromatic heterocycles. The van der Waals surface area contributed by atoms with E-state index in [4.69, 9.17) is 16.3 Å². The van der Waals surface area contributed by atoms with Gasteiger partial charge in [0.15, 0.2) is 17.4 Å². The standard InChI is InChI=1S/C19H14ClF5N2O2/c20-9-3-4-15-14(6-9)27-5-1-2-13(26-18(28)19(23,24)25)17(27)10-7-11(21)12(22)8-16(10)29-15/h3-4,6-8,13,17H,1-2,5H2,(H,26,28)/t13-,17+/m1/s1. The van der Waals surface area contributed by atoms with Gasteiger partial charge in [-0.2, -0.15) is 13.2 Å². The third-order valence-electron chi connectivity index (χ3n) is 5.03. The molecule has 0 aliphatic carbocycles. The molecule has 4 nitrogen and oxygen atoms in total. The van der Waals surface area contributed by atoms with Crippen molar-refractivity contribution in [3.63, 3.8) is 0 Å². The molecule has 4 rings (SSSR count). The van der Waals surface area contributed by atoms with Crippen molar-refractivity contribution in [3.8, 4) is 11.5 Å². The number of nitrogens with one attached hydrogen (secondary N) is 1. The molecular formula is C19H14ClF5N2O2. The molecule has 1 amide bonds. The minimum atomic E-state index is -5.07. The molecule has 1 N–H and O–H groups in total. The fourth-order valence-corrected chi connectivity index (χ4v) is 4.00. The summed E-state index contributed by atoms with van der Waals surface area (Å²) in [4.78, 5) is 13.3. The molecule has 2 aliphatic heterocycles. The summed E-state index contributed by atoms with van der Waals surface area (Å²) < 4.78 is 72.2. The number of hydrogen-bond acceptors (Lipinski definition) is 3. The summed E-state index contributed by atoms with van der Waals surface area (Å²) in [6.45, 7) is 0.401. The molecule has 2 aromatic rings. The fraction of sp³-hybridized carbons (Fsp3) is 0.316. The normalized spacial score (nSPS) is 20.7. The van der Waals surface area contributed by atoms with Gasteiger partial charge in [0, 0.05) is 23.2 Å². The minimum absolute atomic E-state index is 0.0341. The number of carbonyl (C=O) groups is 1. The van der Waals surface area contributed by atoms with Crippen molar-refractivity contribution in [3.05, 3.63) is 52.6 Å². The molecule has 29 heavy (non-hydrogen) atoms. The Bertz CT molecular complexity index is 982. The van der Waals surface area contributed by atoms with Crippen LogP contribution in [0.5, 0.6) is 11.5 Å². The van der Waals surface area contributed by atoms with Gasteiger partial charge >= 0.3 is 12.1 Å². The largest absolute Gasteiger partial charge is 0.471 e. The van der Waals surface area contributed by atoms with Crippen molar-refractivity contribution in [1.29, 1.82) is 0 Å². The lowest BCUT2D eigenvalue weighted by molar-refractivity contribution is -0.174. The highest BCUT2D eigenvalue weighted by Crippen LogP contribution is 2.48. The van der Waals surface area contributed by atoms with E-state index < -0.39 is 35.8 Å². The highest BCUT2D eigenvalue weighted by Gasteiger charge is 2.44. The van der Waals surface area contributed by atoms with E-state index in [1.54, 1.807) is 23.1 Å². The number of alkyl halides is 3. The van der Waals surface area contributed by atoms with Crippen molar-refractivity contribution in [1.82, 2.24) is 5.32 Å². The Morgan fingerprint density at radius 1 is 1.14 bits per heavy atom. The smallest absolute Gasteiger partial charge is 0.455 e. The van der Waals surface area contributed by atoms with Crippen LogP contribution in [0.3, 0.4) is 0 Å². The third-order valence-corrected chi connectivity index (χ3v) is 5.26. The SMILES string of the molecule is O=C(N[C@@H]1CCCN2c3cc(Cl)ccc3Oc3cc(F)c(F)cc3[C@@H]12)C(F)(F)F. The zero-order valence-corrected chi connectivity index (χ0v) is 15.5. The Hall–Kier alpha value is -2.55. The molecule has 0 unspecified atom stereocenters. The van der Waals surface area contributed by atoms with Gasteiger partial charge < -0.3 is 15.0 Å². The molecule has 0 radical (unpaired) electrons. The zero-order chi connectivity index (χ0) is 20.9. The maximum atomic E-state index is 14.0. The van der Waals surface area contributed by atoms with Gasteiger partial charge in [-0.3, -0.25) is 4.79 Å². The number of rotatable bonds is 1. The molecule has 10 heteroatoms. The van der Waals surface area contributed by atoms with Crippen LogP contribution >= 0.6 is 11.6 Å². The Kier molecular flexibility index (Phi) is 4.80. The Morgan fingerprint density at radius 2 is 1.86 bits per heavy atom. The predicted molar refractivity (Wildman–Crippen MR) is 95.2 cm³/mol. The third kappa shape index (κ3) is 3.59. The van der Waals surface area contributed by atoms with E-state index in [1.807, 2.05) is 5.32 Å². The van der Waals surface area contributed by atoms with E-state index in [1.165, 1.54) is 0 Å². The molecule has 2 aromatic carbocycles. The van der Waals surface area contributed by atoms with Crippen molar-refractivity contribution in [2.75, 3.05) is 11.4 Å². The number of ether oxygens (including phenoxy) is 1. The van der Waals surface area contributed by atoms with E-state index in [-0.39, 0.29) is 17.7 Å². The molecule has 1 fully saturated rings. The van der Waals surface area contributed by atoms with Gasteiger partial charge in [0.1, 0.15) is 5.75 Å². The first-order valence-corrected chi connectivity index (χ1v) is 9.13. The van der Waals surface area contributed by atoms with Crippen molar-refractivity contribution in [2.45, 2.75) is 31.1 Å².